The summed E-state index contributed by atoms with van der Waals surface area (Å²) in [6, 6.07) is 14.0. The number of hydrogen-bond donors (Lipinski definition) is 2. The predicted octanol–water partition coefficient (Wildman–Crippen LogP) is 4.00. The van der Waals surface area contributed by atoms with Crippen LogP contribution in [0, 0.1) is 0 Å². The molecule has 0 fully saturated rings. The first-order chi connectivity index (χ1) is 12.1. The Hall–Kier alpha value is -3.48. The van der Waals surface area contributed by atoms with Crippen molar-refractivity contribution in [3.63, 3.8) is 0 Å². The van der Waals surface area contributed by atoms with Crippen molar-refractivity contribution in [2.75, 3.05) is 7.11 Å². The van der Waals surface area contributed by atoms with Crippen molar-refractivity contribution in [3.8, 4) is 17.0 Å². The van der Waals surface area contributed by atoms with Crippen molar-refractivity contribution in [2.24, 2.45) is 10.2 Å². The normalized spacial score (nSPS) is 11.0. The molecule has 0 aliphatic carbocycles. The fourth-order valence-electron chi connectivity index (χ4n) is 2.31. The lowest BCUT2D eigenvalue weighted by Gasteiger charge is -2.02. The molecule has 0 amide bonds. The molecule has 2 N–H and O–H groups in total. The number of benzene rings is 2. The number of nitrogens with one attached hydrogen (secondary N) is 2. The van der Waals surface area contributed by atoms with Crippen LogP contribution in [-0.4, -0.2) is 23.1 Å². The van der Waals surface area contributed by atoms with Gasteiger partial charge in [-0.25, -0.2) is 0 Å². The zero-order chi connectivity index (χ0) is 17.8. The molecular weight excluding hydrogens is 320 g/mol. The van der Waals surface area contributed by atoms with Crippen LogP contribution in [0.15, 0.2) is 63.6 Å². The molecule has 0 radical (unpaired) electrons. The second kappa shape index (κ2) is 6.96. The maximum Gasteiger partial charge on any atom is 0.292 e. The smallest absolute Gasteiger partial charge is 0.292 e. The summed E-state index contributed by atoms with van der Waals surface area (Å²) in [4.78, 5) is 23.4. The van der Waals surface area contributed by atoms with E-state index in [4.69, 9.17) is 4.74 Å². The SMILES string of the molecule is COc1ccc(-c2[nH][nH]c(=O)c2N=Nc2cccc(C(C)=O)c2)cc1. The summed E-state index contributed by atoms with van der Waals surface area (Å²) in [5, 5.41) is 13.5. The van der Waals surface area contributed by atoms with Crippen LogP contribution in [0.25, 0.3) is 11.3 Å². The van der Waals surface area contributed by atoms with Crippen molar-refractivity contribution in [1.29, 1.82) is 0 Å². The van der Waals surface area contributed by atoms with Gasteiger partial charge >= 0.3 is 0 Å². The highest BCUT2D eigenvalue weighted by atomic mass is 16.5. The Morgan fingerprint density at radius 1 is 1.04 bits per heavy atom. The Bertz CT molecular complexity index is 984. The predicted molar refractivity (Wildman–Crippen MR) is 94.0 cm³/mol. The lowest BCUT2D eigenvalue weighted by molar-refractivity contribution is 0.101. The van der Waals surface area contributed by atoms with Gasteiger partial charge in [-0.05, 0) is 43.3 Å². The van der Waals surface area contributed by atoms with Crippen LogP contribution in [0.2, 0.25) is 0 Å². The zero-order valence-corrected chi connectivity index (χ0v) is 13.7. The van der Waals surface area contributed by atoms with Gasteiger partial charge in [0.1, 0.15) is 5.75 Å². The molecule has 0 bridgehead atoms. The topological polar surface area (TPSA) is 99.7 Å². The van der Waals surface area contributed by atoms with Crippen LogP contribution in [0.5, 0.6) is 5.75 Å². The van der Waals surface area contributed by atoms with Gasteiger partial charge in [0.25, 0.3) is 5.56 Å². The van der Waals surface area contributed by atoms with Crippen LogP contribution in [0.1, 0.15) is 17.3 Å². The molecular formula is C18H16N4O3. The Morgan fingerprint density at radius 3 is 2.48 bits per heavy atom. The maximum atomic E-state index is 12.0. The summed E-state index contributed by atoms with van der Waals surface area (Å²) >= 11 is 0. The number of carbonyl (C=O) groups is 1. The highest BCUT2D eigenvalue weighted by Crippen LogP contribution is 2.28. The average Bonchev–Trinajstić information content (AvgIpc) is 3.01. The largest absolute Gasteiger partial charge is 0.497 e. The van der Waals surface area contributed by atoms with Gasteiger partial charge in [0.15, 0.2) is 11.5 Å². The third-order valence-electron chi connectivity index (χ3n) is 3.65. The molecule has 126 valence electrons. The lowest BCUT2D eigenvalue weighted by atomic mass is 10.1. The third-order valence-corrected chi connectivity index (χ3v) is 3.65. The standard InChI is InChI=1S/C18H16N4O3/c1-11(23)13-4-3-5-14(10-13)19-21-17-16(20-22-18(17)24)12-6-8-15(25-2)9-7-12/h3-10H,1-2H3,(H2,20,22,24). The van der Waals surface area contributed by atoms with Gasteiger partial charge in [-0.2, -0.15) is 5.11 Å². The minimum atomic E-state index is -0.378. The summed E-state index contributed by atoms with van der Waals surface area (Å²) in [5.74, 6) is 0.654. The molecule has 2 aromatic carbocycles. The van der Waals surface area contributed by atoms with E-state index in [-0.39, 0.29) is 17.0 Å². The molecule has 0 saturated heterocycles. The highest BCUT2D eigenvalue weighted by Gasteiger charge is 2.12. The van der Waals surface area contributed by atoms with Crippen LogP contribution in [0.4, 0.5) is 11.4 Å². The number of rotatable bonds is 5. The Labute approximate surface area is 143 Å². The molecule has 0 aliphatic rings. The zero-order valence-electron chi connectivity index (χ0n) is 13.7. The second-order valence-corrected chi connectivity index (χ2v) is 5.34. The molecule has 1 heterocycles. The highest BCUT2D eigenvalue weighted by molar-refractivity contribution is 5.94. The minimum Gasteiger partial charge on any atom is -0.497 e. The van der Waals surface area contributed by atoms with Crippen molar-refractivity contribution < 1.29 is 9.53 Å². The summed E-state index contributed by atoms with van der Waals surface area (Å²) in [6.45, 7) is 1.48. The third kappa shape index (κ3) is 3.55. The quantitative estimate of drug-likeness (QED) is 0.544. The summed E-state index contributed by atoms with van der Waals surface area (Å²) in [5.41, 5.74) is 2.11. The minimum absolute atomic E-state index is 0.0598. The van der Waals surface area contributed by atoms with E-state index in [2.05, 4.69) is 20.4 Å². The number of methoxy groups -OCH3 is 1. The molecule has 7 heteroatoms. The number of H-pyrrole nitrogens is 2. The monoisotopic (exact) mass is 336 g/mol. The fraction of sp³-hybridized carbons (Fsp3) is 0.111. The first-order valence-corrected chi connectivity index (χ1v) is 7.56. The van der Waals surface area contributed by atoms with E-state index < -0.39 is 0 Å². The van der Waals surface area contributed by atoms with Crippen LogP contribution in [0.3, 0.4) is 0 Å². The van der Waals surface area contributed by atoms with Gasteiger partial charge in [0, 0.05) is 11.1 Å². The van der Waals surface area contributed by atoms with E-state index in [1.54, 1.807) is 43.5 Å². The number of ether oxygens (including phenoxy) is 1. The van der Waals surface area contributed by atoms with Crippen molar-refractivity contribution in [1.82, 2.24) is 10.2 Å². The van der Waals surface area contributed by atoms with E-state index in [9.17, 15) is 9.59 Å². The van der Waals surface area contributed by atoms with E-state index >= 15 is 0 Å². The number of ketones is 1. The van der Waals surface area contributed by atoms with Crippen molar-refractivity contribution >= 4 is 17.2 Å². The maximum absolute atomic E-state index is 12.0. The molecule has 3 rings (SSSR count). The molecule has 0 saturated carbocycles. The van der Waals surface area contributed by atoms with Crippen LogP contribution < -0.4 is 10.3 Å². The van der Waals surface area contributed by atoms with E-state index in [0.29, 0.717) is 22.7 Å². The molecule has 7 nitrogen and oxygen atoms in total. The number of carbonyl (C=O) groups excluding carboxylic acids is 1. The molecule has 0 aliphatic heterocycles. The lowest BCUT2D eigenvalue weighted by Crippen LogP contribution is -1.96. The van der Waals surface area contributed by atoms with Crippen LogP contribution in [-0.2, 0) is 0 Å². The molecule has 0 unspecified atom stereocenters. The van der Waals surface area contributed by atoms with Crippen molar-refractivity contribution in [3.05, 3.63) is 64.4 Å². The first-order valence-electron chi connectivity index (χ1n) is 7.56. The van der Waals surface area contributed by atoms with Gasteiger partial charge in [-0.15, -0.1) is 5.11 Å². The van der Waals surface area contributed by atoms with E-state index in [1.165, 1.54) is 6.92 Å². The summed E-state index contributed by atoms with van der Waals surface area (Å²) < 4.78 is 5.13. The summed E-state index contributed by atoms with van der Waals surface area (Å²) in [7, 11) is 1.59. The van der Waals surface area contributed by atoms with E-state index in [1.807, 2.05) is 12.1 Å². The Balaban J connectivity index is 1.95. The molecule has 25 heavy (non-hydrogen) atoms. The molecule has 1 aromatic heterocycles. The second-order valence-electron chi connectivity index (χ2n) is 5.34. The van der Waals surface area contributed by atoms with Gasteiger partial charge in [-0.3, -0.25) is 19.8 Å². The Morgan fingerprint density at radius 2 is 1.80 bits per heavy atom. The van der Waals surface area contributed by atoms with Gasteiger partial charge < -0.3 is 4.74 Å². The number of aromatic amines is 2. The number of azo groups is 1. The van der Waals surface area contributed by atoms with Crippen LogP contribution >= 0.6 is 0 Å². The number of nitrogens with zero attached hydrogens (tertiary/aromatic N) is 2. The van der Waals surface area contributed by atoms with Crippen molar-refractivity contribution in [2.45, 2.75) is 6.92 Å². The van der Waals surface area contributed by atoms with E-state index in [0.717, 1.165) is 5.56 Å². The summed E-state index contributed by atoms with van der Waals surface area (Å²) in [6.07, 6.45) is 0. The number of Topliss-reactive ketones (excluding diaryl/α,β-unsaturated/α-hetero) is 1. The molecule has 3 aromatic rings. The van der Waals surface area contributed by atoms with Gasteiger partial charge in [0.2, 0.25) is 0 Å². The molecule has 0 atom stereocenters. The average molecular weight is 336 g/mol. The number of hydrogen-bond acceptors (Lipinski definition) is 5. The van der Waals surface area contributed by atoms with Gasteiger partial charge in [0.05, 0.1) is 18.5 Å². The molecule has 0 spiro atoms. The van der Waals surface area contributed by atoms with Gasteiger partial charge in [-0.1, -0.05) is 12.1 Å². The number of aromatic nitrogens is 2. The fourth-order valence-corrected chi connectivity index (χ4v) is 2.31. The first kappa shape index (κ1) is 16.4. The Kier molecular flexibility index (Phi) is 4.56.